The predicted octanol–water partition coefficient (Wildman–Crippen LogP) is 1.86. The first-order valence-corrected chi connectivity index (χ1v) is 6.58. The van der Waals surface area contributed by atoms with Crippen molar-refractivity contribution in [1.29, 1.82) is 0 Å². The summed E-state index contributed by atoms with van der Waals surface area (Å²) in [6.07, 6.45) is 0. The van der Waals surface area contributed by atoms with Crippen LogP contribution in [-0.4, -0.2) is 24.0 Å². The van der Waals surface area contributed by atoms with Crippen LogP contribution in [0.1, 0.15) is 13.8 Å². The van der Waals surface area contributed by atoms with Crippen LogP contribution in [0.3, 0.4) is 0 Å². The van der Waals surface area contributed by atoms with Crippen molar-refractivity contribution < 1.29 is 14.3 Å². The third kappa shape index (κ3) is 4.72. The highest BCUT2D eigenvalue weighted by Gasteiger charge is 2.26. The first kappa shape index (κ1) is 15.8. The maximum absolute atomic E-state index is 11.6. The van der Waals surface area contributed by atoms with Crippen molar-refractivity contribution in [2.45, 2.75) is 19.4 Å². The summed E-state index contributed by atoms with van der Waals surface area (Å²) in [5.74, 6) is -0.574. The standard InChI is InChI=1S/C12H14BrClN2O3/c1-12(2,11(15)18)16-10(17)6-19-9-4-3-7(14)5-8(9)13/h3-5H,6H2,1-2H3,(H2,15,18)(H,16,17). The van der Waals surface area contributed by atoms with Crippen LogP contribution in [0.25, 0.3) is 0 Å². The molecule has 0 radical (unpaired) electrons. The summed E-state index contributed by atoms with van der Waals surface area (Å²) in [5, 5.41) is 3.03. The summed E-state index contributed by atoms with van der Waals surface area (Å²) in [5.41, 5.74) is 4.04. The Kier molecular flexibility index (Phi) is 5.20. The number of rotatable bonds is 5. The molecule has 7 heteroatoms. The van der Waals surface area contributed by atoms with Gasteiger partial charge in [-0.3, -0.25) is 9.59 Å². The molecule has 0 aliphatic heterocycles. The minimum Gasteiger partial charge on any atom is -0.483 e. The molecule has 0 bridgehead atoms. The van der Waals surface area contributed by atoms with Gasteiger partial charge in [0.05, 0.1) is 4.47 Å². The molecule has 0 aliphatic rings. The Morgan fingerprint density at radius 1 is 1.47 bits per heavy atom. The summed E-state index contributed by atoms with van der Waals surface area (Å²) >= 11 is 9.05. The predicted molar refractivity (Wildman–Crippen MR) is 76.1 cm³/mol. The molecule has 0 fully saturated rings. The number of nitrogens with two attached hydrogens (primary N) is 1. The molecule has 3 N–H and O–H groups in total. The molecule has 0 saturated heterocycles. The number of hydrogen-bond acceptors (Lipinski definition) is 3. The maximum atomic E-state index is 11.6. The fourth-order valence-electron chi connectivity index (χ4n) is 1.18. The highest BCUT2D eigenvalue weighted by atomic mass is 79.9. The monoisotopic (exact) mass is 348 g/mol. The van der Waals surface area contributed by atoms with Crippen molar-refractivity contribution >= 4 is 39.3 Å². The van der Waals surface area contributed by atoms with Crippen LogP contribution < -0.4 is 15.8 Å². The van der Waals surface area contributed by atoms with Crippen LogP contribution in [0.4, 0.5) is 0 Å². The molecule has 0 spiro atoms. The van der Waals surface area contributed by atoms with E-state index in [-0.39, 0.29) is 6.61 Å². The number of halogens is 2. The molecule has 1 aromatic rings. The van der Waals surface area contributed by atoms with E-state index in [1.165, 1.54) is 13.8 Å². The lowest BCUT2D eigenvalue weighted by Crippen LogP contribution is -2.54. The summed E-state index contributed by atoms with van der Waals surface area (Å²) in [6, 6.07) is 4.94. The van der Waals surface area contributed by atoms with Crippen molar-refractivity contribution in [2.75, 3.05) is 6.61 Å². The van der Waals surface area contributed by atoms with Gasteiger partial charge in [0, 0.05) is 5.02 Å². The Hall–Kier alpha value is -1.27. The summed E-state index contributed by atoms with van der Waals surface area (Å²) in [4.78, 5) is 22.7. The number of carbonyl (C=O) groups is 2. The van der Waals surface area contributed by atoms with Crippen LogP contribution in [0.5, 0.6) is 5.75 Å². The van der Waals surface area contributed by atoms with Gasteiger partial charge in [-0.25, -0.2) is 0 Å². The van der Waals surface area contributed by atoms with Gasteiger partial charge < -0.3 is 15.8 Å². The smallest absolute Gasteiger partial charge is 0.258 e. The van der Waals surface area contributed by atoms with Crippen molar-refractivity contribution in [3.8, 4) is 5.75 Å². The lowest BCUT2D eigenvalue weighted by molar-refractivity contribution is -0.131. The minimum absolute atomic E-state index is 0.225. The lowest BCUT2D eigenvalue weighted by Gasteiger charge is -2.22. The Labute approximate surface area is 124 Å². The first-order valence-electron chi connectivity index (χ1n) is 5.41. The van der Waals surface area contributed by atoms with Gasteiger partial charge in [-0.15, -0.1) is 0 Å². The van der Waals surface area contributed by atoms with Gasteiger partial charge in [0.25, 0.3) is 5.91 Å². The molecule has 0 aliphatic carbocycles. The van der Waals surface area contributed by atoms with Crippen molar-refractivity contribution in [1.82, 2.24) is 5.32 Å². The number of benzene rings is 1. The molecule has 0 saturated carbocycles. The van der Waals surface area contributed by atoms with Gasteiger partial charge in [-0.1, -0.05) is 11.6 Å². The molecule has 0 heterocycles. The zero-order valence-corrected chi connectivity index (χ0v) is 12.8. The normalized spacial score (nSPS) is 10.9. The number of nitrogens with one attached hydrogen (secondary N) is 1. The van der Waals surface area contributed by atoms with Gasteiger partial charge in [0.2, 0.25) is 5.91 Å². The second-order valence-corrected chi connectivity index (χ2v) is 5.69. The Morgan fingerprint density at radius 2 is 2.11 bits per heavy atom. The van der Waals surface area contributed by atoms with Crippen molar-refractivity contribution in [3.05, 3.63) is 27.7 Å². The van der Waals surface area contributed by atoms with E-state index in [1.807, 2.05) is 0 Å². The third-order valence-corrected chi connectivity index (χ3v) is 3.18. The van der Waals surface area contributed by atoms with E-state index in [4.69, 9.17) is 22.1 Å². The highest BCUT2D eigenvalue weighted by molar-refractivity contribution is 9.10. The molecule has 5 nitrogen and oxygen atoms in total. The molecule has 1 rings (SSSR count). The number of ether oxygens (including phenoxy) is 1. The number of primary amides is 1. The minimum atomic E-state index is -1.11. The van der Waals surface area contributed by atoms with Crippen LogP contribution in [0, 0.1) is 0 Å². The summed E-state index contributed by atoms with van der Waals surface area (Å²) < 4.78 is 5.95. The molecule has 0 aromatic heterocycles. The maximum Gasteiger partial charge on any atom is 0.258 e. The van der Waals surface area contributed by atoms with Gasteiger partial charge in [0.15, 0.2) is 6.61 Å². The van der Waals surface area contributed by atoms with E-state index in [2.05, 4.69) is 21.2 Å². The second-order valence-electron chi connectivity index (χ2n) is 4.40. The summed E-state index contributed by atoms with van der Waals surface area (Å²) in [6.45, 7) is 2.81. The highest BCUT2D eigenvalue weighted by Crippen LogP contribution is 2.27. The zero-order valence-electron chi connectivity index (χ0n) is 10.5. The topological polar surface area (TPSA) is 81.4 Å². The van der Waals surface area contributed by atoms with Crippen LogP contribution in [0.15, 0.2) is 22.7 Å². The van der Waals surface area contributed by atoms with Gasteiger partial charge in [0.1, 0.15) is 11.3 Å². The molecular formula is C12H14BrClN2O3. The Bertz CT molecular complexity index is 506. The van der Waals surface area contributed by atoms with E-state index >= 15 is 0 Å². The van der Waals surface area contributed by atoms with Crippen LogP contribution in [0.2, 0.25) is 5.02 Å². The fourth-order valence-corrected chi connectivity index (χ4v) is 1.98. The molecule has 104 valence electrons. The number of amides is 2. The SMILES string of the molecule is CC(C)(NC(=O)COc1ccc(Cl)cc1Br)C(N)=O. The second kappa shape index (κ2) is 6.25. The van der Waals surface area contributed by atoms with Crippen LogP contribution in [-0.2, 0) is 9.59 Å². The molecule has 0 unspecified atom stereocenters. The van der Waals surface area contributed by atoms with E-state index < -0.39 is 17.4 Å². The van der Waals surface area contributed by atoms with E-state index in [9.17, 15) is 9.59 Å². The van der Waals surface area contributed by atoms with Gasteiger partial charge >= 0.3 is 0 Å². The van der Waals surface area contributed by atoms with Crippen molar-refractivity contribution in [2.24, 2.45) is 5.73 Å². The molecular weight excluding hydrogens is 336 g/mol. The molecule has 19 heavy (non-hydrogen) atoms. The average Bonchev–Trinajstić information content (AvgIpc) is 2.27. The van der Waals surface area contributed by atoms with Crippen molar-refractivity contribution in [3.63, 3.8) is 0 Å². The lowest BCUT2D eigenvalue weighted by atomic mass is 10.1. The number of hydrogen-bond donors (Lipinski definition) is 2. The third-order valence-electron chi connectivity index (χ3n) is 2.32. The van der Waals surface area contributed by atoms with E-state index in [1.54, 1.807) is 18.2 Å². The number of carbonyl (C=O) groups excluding carboxylic acids is 2. The zero-order chi connectivity index (χ0) is 14.6. The Balaban J connectivity index is 2.57. The largest absolute Gasteiger partial charge is 0.483 e. The molecule has 1 aromatic carbocycles. The van der Waals surface area contributed by atoms with Gasteiger partial charge in [-0.2, -0.15) is 0 Å². The average molecular weight is 350 g/mol. The quantitative estimate of drug-likeness (QED) is 0.851. The fraction of sp³-hybridized carbons (Fsp3) is 0.333. The van der Waals surface area contributed by atoms with E-state index in [0.29, 0.717) is 15.2 Å². The summed E-state index contributed by atoms with van der Waals surface area (Å²) in [7, 11) is 0. The van der Waals surface area contributed by atoms with E-state index in [0.717, 1.165) is 0 Å². The molecule has 0 atom stereocenters. The van der Waals surface area contributed by atoms with Gasteiger partial charge in [-0.05, 0) is 48.0 Å². The van der Waals surface area contributed by atoms with Crippen LogP contribution >= 0.6 is 27.5 Å². The Morgan fingerprint density at radius 3 is 2.63 bits per heavy atom. The molecule has 2 amide bonds. The first-order chi connectivity index (χ1) is 8.72.